The first-order valence-electron chi connectivity index (χ1n) is 5.92. The highest BCUT2D eigenvalue weighted by molar-refractivity contribution is 9.10. The van der Waals surface area contributed by atoms with Gasteiger partial charge in [-0.05, 0) is 43.7 Å². The molecule has 18 heavy (non-hydrogen) atoms. The Morgan fingerprint density at radius 1 is 1.50 bits per heavy atom. The number of aromatic hydroxyl groups is 1. The SMILES string of the molecule is CSC1CCC(NC(=O)c2ccc(Br)cc2O)C1. The minimum atomic E-state index is -0.188. The number of benzene rings is 1. The number of phenolic OH excluding ortho intramolecular Hbond substituents is 1. The minimum Gasteiger partial charge on any atom is -0.507 e. The molecule has 0 aromatic heterocycles. The van der Waals surface area contributed by atoms with Crippen LogP contribution in [0.4, 0.5) is 0 Å². The van der Waals surface area contributed by atoms with Crippen LogP contribution >= 0.6 is 27.7 Å². The maximum Gasteiger partial charge on any atom is 0.255 e. The molecule has 3 nitrogen and oxygen atoms in total. The highest BCUT2D eigenvalue weighted by Crippen LogP contribution is 2.29. The molecule has 1 aromatic rings. The van der Waals surface area contributed by atoms with Crippen molar-refractivity contribution in [2.45, 2.75) is 30.6 Å². The van der Waals surface area contributed by atoms with E-state index in [-0.39, 0.29) is 17.7 Å². The van der Waals surface area contributed by atoms with E-state index in [4.69, 9.17) is 0 Å². The van der Waals surface area contributed by atoms with Gasteiger partial charge in [-0.1, -0.05) is 15.9 Å². The second-order valence-electron chi connectivity index (χ2n) is 4.50. The lowest BCUT2D eigenvalue weighted by atomic mass is 10.1. The molecule has 0 saturated heterocycles. The molecule has 1 saturated carbocycles. The van der Waals surface area contributed by atoms with E-state index < -0.39 is 0 Å². The summed E-state index contributed by atoms with van der Waals surface area (Å²) in [6.07, 6.45) is 5.30. The standard InChI is InChI=1S/C13H16BrNO2S/c1-18-10-4-3-9(7-10)15-13(17)11-5-2-8(14)6-12(11)16/h2,5-6,9-10,16H,3-4,7H2,1H3,(H,15,17). The number of hydrogen-bond donors (Lipinski definition) is 2. The van der Waals surface area contributed by atoms with Crippen molar-refractivity contribution in [3.63, 3.8) is 0 Å². The van der Waals surface area contributed by atoms with E-state index >= 15 is 0 Å². The Balaban J connectivity index is 2.00. The van der Waals surface area contributed by atoms with Gasteiger partial charge in [-0.2, -0.15) is 11.8 Å². The molecule has 0 spiro atoms. The molecule has 2 rings (SSSR count). The van der Waals surface area contributed by atoms with Crippen LogP contribution in [0.3, 0.4) is 0 Å². The van der Waals surface area contributed by atoms with Crippen LogP contribution in [0.2, 0.25) is 0 Å². The molecule has 2 unspecified atom stereocenters. The first-order valence-corrected chi connectivity index (χ1v) is 8.00. The average molecular weight is 330 g/mol. The van der Waals surface area contributed by atoms with Crippen LogP contribution in [-0.2, 0) is 0 Å². The van der Waals surface area contributed by atoms with Gasteiger partial charge in [0, 0.05) is 15.8 Å². The Labute approximate surface area is 119 Å². The van der Waals surface area contributed by atoms with Crippen LogP contribution in [0.5, 0.6) is 5.75 Å². The van der Waals surface area contributed by atoms with E-state index in [1.807, 2.05) is 11.8 Å². The van der Waals surface area contributed by atoms with Gasteiger partial charge in [0.05, 0.1) is 5.56 Å². The van der Waals surface area contributed by atoms with Crippen molar-refractivity contribution in [3.05, 3.63) is 28.2 Å². The molecule has 5 heteroatoms. The topological polar surface area (TPSA) is 49.3 Å². The number of rotatable bonds is 3. The van der Waals surface area contributed by atoms with Crippen LogP contribution in [-0.4, -0.2) is 28.6 Å². The molecular weight excluding hydrogens is 314 g/mol. The van der Waals surface area contributed by atoms with Crippen molar-refractivity contribution in [2.75, 3.05) is 6.26 Å². The molecule has 98 valence electrons. The summed E-state index contributed by atoms with van der Waals surface area (Å²) in [5.74, 6) is -0.173. The summed E-state index contributed by atoms with van der Waals surface area (Å²) in [6.45, 7) is 0. The van der Waals surface area contributed by atoms with Gasteiger partial charge < -0.3 is 10.4 Å². The molecule has 1 aliphatic rings. The Kier molecular flexibility index (Phi) is 4.56. The van der Waals surface area contributed by atoms with Gasteiger partial charge in [-0.15, -0.1) is 0 Å². The van der Waals surface area contributed by atoms with E-state index in [0.29, 0.717) is 10.8 Å². The van der Waals surface area contributed by atoms with E-state index in [2.05, 4.69) is 27.5 Å². The maximum absolute atomic E-state index is 12.0. The quantitative estimate of drug-likeness (QED) is 0.895. The smallest absolute Gasteiger partial charge is 0.255 e. The molecule has 1 aliphatic carbocycles. The third-order valence-electron chi connectivity index (χ3n) is 3.26. The lowest BCUT2D eigenvalue weighted by Gasteiger charge is -2.13. The van der Waals surface area contributed by atoms with Gasteiger partial charge in [0.15, 0.2) is 0 Å². The zero-order valence-corrected chi connectivity index (χ0v) is 12.6. The first kappa shape index (κ1) is 13.7. The Morgan fingerprint density at radius 3 is 2.89 bits per heavy atom. The molecule has 0 aliphatic heterocycles. The summed E-state index contributed by atoms with van der Waals surface area (Å²) in [4.78, 5) is 12.0. The maximum atomic E-state index is 12.0. The van der Waals surface area contributed by atoms with Crippen LogP contribution in [0.25, 0.3) is 0 Å². The zero-order valence-electron chi connectivity index (χ0n) is 10.1. The molecule has 2 N–H and O–H groups in total. The molecule has 1 amide bonds. The molecular formula is C13H16BrNO2S. The molecule has 0 radical (unpaired) electrons. The number of carbonyl (C=O) groups is 1. The number of carbonyl (C=O) groups excluding carboxylic acids is 1. The number of thioether (sulfide) groups is 1. The molecule has 1 aromatic carbocycles. The third-order valence-corrected chi connectivity index (χ3v) is 4.85. The van der Waals surface area contributed by atoms with Crippen LogP contribution in [0.1, 0.15) is 29.6 Å². The second-order valence-corrected chi connectivity index (χ2v) is 6.56. The van der Waals surface area contributed by atoms with Crippen molar-refractivity contribution in [1.29, 1.82) is 0 Å². The summed E-state index contributed by atoms with van der Waals surface area (Å²) >= 11 is 5.11. The molecule has 2 atom stereocenters. The lowest BCUT2D eigenvalue weighted by molar-refractivity contribution is 0.0935. The van der Waals surface area contributed by atoms with Crippen molar-refractivity contribution in [1.82, 2.24) is 5.32 Å². The predicted molar refractivity (Wildman–Crippen MR) is 78.2 cm³/mol. The fraction of sp³-hybridized carbons (Fsp3) is 0.462. The van der Waals surface area contributed by atoms with Gasteiger partial charge >= 0.3 is 0 Å². The van der Waals surface area contributed by atoms with Gasteiger partial charge in [0.2, 0.25) is 0 Å². The van der Waals surface area contributed by atoms with E-state index in [9.17, 15) is 9.90 Å². The highest BCUT2D eigenvalue weighted by Gasteiger charge is 2.26. The van der Waals surface area contributed by atoms with Gasteiger partial charge in [-0.25, -0.2) is 0 Å². The zero-order chi connectivity index (χ0) is 13.1. The number of halogens is 1. The summed E-state index contributed by atoms with van der Waals surface area (Å²) in [5.41, 5.74) is 0.339. The van der Waals surface area contributed by atoms with Gasteiger partial charge in [0.1, 0.15) is 5.75 Å². The first-order chi connectivity index (χ1) is 8.60. The Hall–Kier alpha value is -0.680. The molecule has 0 bridgehead atoms. The van der Waals surface area contributed by atoms with Gasteiger partial charge in [0.25, 0.3) is 5.91 Å². The van der Waals surface area contributed by atoms with Gasteiger partial charge in [-0.3, -0.25) is 4.79 Å². The van der Waals surface area contributed by atoms with Crippen molar-refractivity contribution >= 4 is 33.6 Å². The van der Waals surface area contributed by atoms with Crippen molar-refractivity contribution in [2.24, 2.45) is 0 Å². The number of phenols is 1. The summed E-state index contributed by atoms with van der Waals surface area (Å²) in [6, 6.07) is 5.16. The summed E-state index contributed by atoms with van der Waals surface area (Å²) in [7, 11) is 0. The van der Waals surface area contributed by atoms with E-state index in [1.165, 1.54) is 6.07 Å². The minimum absolute atomic E-state index is 0.0151. The second kappa shape index (κ2) is 5.97. The molecule has 1 fully saturated rings. The average Bonchev–Trinajstić information content (AvgIpc) is 2.76. The largest absolute Gasteiger partial charge is 0.507 e. The Morgan fingerprint density at radius 2 is 2.28 bits per heavy atom. The van der Waals surface area contributed by atoms with Crippen LogP contribution in [0, 0.1) is 0 Å². The van der Waals surface area contributed by atoms with Crippen molar-refractivity contribution in [3.8, 4) is 5.75 Å². The summed E-state index contributed by atoms with van der Waals surface area (Å²) in [5, 5.41) is 13.4. The highest BCUT2D eigenvalue weighted by atomic mass is 79.9. The number of amides is 1. The lowest BCUT2D eigenvalue weighted by Crippen LogP contribution is -2.33. The fourth-order valence-corrected chi connectivity index (χ4v) is 3.39. The van der Waals surface area contributed by atoms with Crippen LogP contribution < -0.4 is 5.32 Å². The van der Waals surface area contributed by atoms with Crippen molar-refractivity contribution < 1.29 is 9.90 Å². The predicted octanol–water partition coefficient (Wildman–Crippen LogP) is 3.17. The number of hydrogen-bond acceptors (Lipinski definition) is 3. The summed E-state index contributed by atoms with van der Waals surface area (Å²) < 4.78 is 0.764. The van der Waals surface area contributed by atoms with Crippen LogP contribution in [0.15, 0.2) is 22.7 Å². The molecule has 0 heterocycles. The fourth-order valence-electron chi connectivity index (χ4n) is 2.25. The van der Waals surface area contributed by atoms with E-state index in [0.717, 1.165) is 23.7 Å². The normalized spacial score (nSPS) is 23.0. The Bertz CT molecular complexity index is 453. The number of nitrogens with one attached hydrogen (secondary N) is 1. The monoisotopic (exact) mass is 329 g/mol. The van der Waals surface area contributed by atoms with E-state index in [1.54, 1.807) is 12.1 Å². The third kappa shape index (κ3) is 3.20.